The summed E-state index contributed by atoms with van der Waals surface area (Å²) in [4.78, 5) is 38.8. The van der Waals surface area contributed by atoms with Crippen LogP contribution in [0.2, 0.25) is 0 Å². The first-order chi connectivity index (χ1) is 8.90. The standard InChI is InChI=1S/C11H10FN3O4/c1-5-10(17)14-8(16)4-15(5)9-7(11(18)19)2-6(12)3-13-9/h2-3,5H,4H2,1H3,(H,18,19)(H,14,16,17). The van der Waals surface area contributed by atoms with Gasteiger partial charge in [0, 0.05) is 0 Å². The number of amides is 2. The molecular formula is C11H10FN3O4. The molecule has 100 valence electrons. The van der Waals surface area contributed by atoms with Gasteiger partial charge >= 0.3 is 5.97 Å². The number of imide groups is 1. The van der Waals surface area contributed by atoms with E-state index in [1.54, 1.807) is 0 Å². The Hall–Kier alpha value is -2.51. The average molecular weight is 267 g/mol. The Kier molecular flexibility index (Phi) is 3.16. The number of aromatic carboxylic acids is 1. The predicted octanol–water partition coefficient (Wildman–Crippen LogP) is -0.230. The summed E-state index contributed by atoms with van der Waals surface area (Å²) in [5.41, 5.74) is -0.394. The zero-order valence-electron chi connectivity index (χ0n) is 9.88. The number of hydrogen-bond acceptors (Lipinski definition) is 5. The molecule has 2 amide bonds. The highest BCUT2D eigenvalue weighted by Gasteiger charge is 2.33. The van der Waals surface area contributed by atoms with Gasteiger partial charge in [-0.05, 0) is 13.0 Å². The van der Waals surface area contributed by atoms with Crippen LogP contribution >= 0.6 is 0 Å². The van der Waals surface area contributed by atoms with E-state index in [9.17, 15) is 18.8 Å². The van der Waals surface area contributed by atoms with E-state index in [1.807, 2.05) is 0 Å². The largest absolute Gasteiger partial charge is 0.478 e. The molecule has 2 rings (SSSR count). The van der Waals surface area contributed by atoms with E-state index in [0.717, 1.165) is 12.3 Å². The van der Waals surface area contributed by atoms with Crippen molar-refractivity contribution < 1.29 is 23.9 Å². The summed E-state index contributed by atoms with van der Waals surface area (Å²) in [6.45, 7) is 1.28. The van der Waals surface area contributed by atoms with Crippen LogP contribution in [0.5, 0.6) is 0 Å². The molecule has 1 aromatic heterocycles. The van der Waals surface area contributed by atoms with E-state index in [-0.39, 0.29) is 12.4 Å². The fourth-order valence-corrected chi connectivity index (χ4v) is 1.79. The molecule has 0 aromatic carbocycles. The Labute approximate surface area is 107 Å². The minimum atomic E-state index is -1.38. The van der Waals surface area contributed by atoms with Crippen LogP contribution in [-0.4, -0.2) is 40.5 Å². The summed E-state index contributed by atoms with van der Waals surface area (Å²) in [5, 5.41) is 11.1. The number of carbonyl (C=O) groups excluding carboxylic acids is 2. The molecule has 0 saturated carbocycles. The first kappa shape index (κ1) is 12.9. The normalized spacial score (nSPS) is 19.3. The molecule has 2 N–H and O–H groups in total. The second-order valence-corrected chi connectivity index (χ2v) is 4.05. The molecule has 0 bridgehead atoms. The average Bonchev–Trinajstić information content (AvgIpc) is 2.34. The van der Waals surface area contributed by atoms with Crippen LogP contribution in [0.1, 0.15) is 17.3 Å². The highest BCUT2D eigenvalue weighted by Crippen LogP contribution is 2.22. The van der Waals surface area contributed by atoms with Crippen LogP contribution in [0.15, 0.2) is 12.3 Å². The van der Waals surface area contributed by atoms with Crippen molar-refractivity contribution in [1.82, 2.24) is 10.3 Å². The number of anilines is 1. The maximum atomic E-state index is 13.0. The Morgan fingerprint density at radius 1 is 1.58 bits per heavy atom. The molecule has 19 heavy (non-hydrogen) atoms. The molecule has 7 nitrogen and oxygen atoms in total. The molecule has 0 aliphatic carbocycles. The van der Waals surface area contributed by atoms with E-state index in [4.69, 9.17) is 5.11 Å². The van der Waals surface area contributed by atoms with Gasteiger partial charge in [0.15, 0.2) is 0 Å². The number of nitrogens with one attached hydrogen (secondary N) is 1. The molecule has 1 unspecified atom stereocenters. The lowest BCUT2D eigenvalue weighted by Gasteiger charge is -2.33. The summed E-state index contributed by atoms with van der Waals surface area (Å²) in [7, 11) is 0. The molecule has 1 fully saturated rings. The van der Waals surface area contributed by atoms with Crippen LogP contribution in [0, 0.1) is 5.82 Å². The quantitative estimate of drug-likeness (QED) is 0.718. The van der Waals surface area contributed by atoms with Crippen molar-refractivity contribution in [3.63, 3.8) is 0 Å². The third-order valence-electron chi connectivity index (χ3n) is 2.76. The number of hydrogen-bond donors (Lipinski definition) is 2. The van der Waals surface area contributed by atoms with Gasteiger partial charge in [-0.15, -0.1) is 0 Å². The molecular weight excluding hydrogens is 257 g/mol. The predicted molar refractivity (Wildman–Crippen MR) is 61.1 cm³/mol. The third kappa shape index (κ3) is 2.37. The number of pyridine rings is 1. The van der Waals surface area contributed by atoms with Gasteiger partial charge in [0.1, 0.15) is 23.2 Å². The molecule has 1 aliphatic heterocycles. The molecule has 1 atom stereocenters. The highest BCUT2D eigenvalue weighted by molar-refractivity contribution is 6.05. The maximum absolute atomic E-state index is 13.0. The van der Waals surface area contributed by atoms with Crippen LogP contribution in [0.3, 0.4) is 0 Å². The summed E-state index contributed by atoms with van der Waals surface area (Å²) in [6, 6.07) is 0.0303. The Morgan fingerprint density at radius 3 is 2.89 bits per heavy atom. The number of nitrogens with zero attached hydrogens (tertiary/aromatic N) is 2. The summed E-state index contributed by atoms with van der Waals surface area (Å²) in [6.07, 6.45) is 0.839. The maximum Gasteiger partial charge on any atom is 0.339 e. The fourth-order valence-electron chi connectivity index (χ4n) is 1.79. The van der Waals surface area contributed by atoms with Crippen molar-refractivity contribution in [3.05, 3.63) is 23.6 Å². The summed E-state index contributed by atoms with van der Waals surface area (Å²) >= 11 is 0. The number of piperazine rings is 1. The molecule has 1 saturated heterocycles. The second-order valence-electron chi connectivity index (χ2n) is 4.05. The number of rotatable bonds is 2. The number of carboxylic acids is 1. The fraction of sp³-hybridized carbons (Fsp3) is 0.273. The Bertz CT molecular complexity index is 575. The van der Waals surface area contributed by atoms with E-state index >= 15 is 0 Å². The van der Waals surface area contributed by atoms with Gasteiger partial charge in [0.05, 0.1) is 12.7 Å². The third-order valence-corrected chi connectivity index (χ3v) is 2.76. The Balaban J connectivity index is 2.48. The molecule has 0 spiro atoms. The number of halogens is 1. The lowest BCUT2D eigenvalue weighted by atomic mass is 10.1. The van der Waals surface area contributed by atoms with Crippen LogP contribution < -0.4 is 10.2 Å². The van der Waals surface area contributed by atoms with E-state index in [2.05, 4.69) is 10.3 Å². The van der Waals surface area contributed by atoms with Gasteiger partial charge in [-0.3, -0.25) is 14.9 Å². The van der Waals surface area contributed by atoms with Crippen LogP contribution in [0.4, 0.5) is 10.2 Å². The second kappa shape index (κ2) is 4.63. The topological polar surface area (TPSA) is 99.6 Å². The van der Waals surface area contributed by atoms with Crippen LogP contribution in [0.25, 0.3) is 0 Å². The van der Waals surface area contributed by atoms with Crippen molar-refractivity contribution >= 4 is 23.6 Å². The lowest BCUT2D eigenvalue weighted by Crippen LogP contribution is -2.57. The Morgan fingerprint density at radius 2 is 2.26 bits per heavy atom. The van der Waals surface area contributed by atoms with Crippen molar-refractivity contribution in [3.8, 4) is 0 Å². The molecule has 1 aliphatic rings. The number of aromatic nitrogens is 1. The summed E-state index contributed by atoms with van der Waals surface area (Å²) < 4.78 is 13.0. The lowest BCUT2D eigenvalue weighted by molar-refractivity contribution is -0.132. The van der Waals surface area contributed by atoms with Crippen molar-refractivity contribution in [2.75, 3.05) is 11.4 Å². The minimum absolute atomic E-state index is 0.107. The smallest absolute Gasteiger partial charge is 0.339 e. The van der Waals surface area contributed by atoms with E-state index in [1.165, 1.54) is 11.8 Å². The van der Waals surface area contributed by atoms with Gasteiger partial charge in [0.2, 0.25) is 11.8 Å². The molecule has 1 aromatic rings. The number of carboxylic acid groups (broad SMARTS) is 1. The van der Waals surface area contributed by atoms with Crippen molar-refractivity contribution in [1.29, 1.82) is 0 Å². The van der Waals surface area contributed by atoms with Gasteiger partial charge in [-0.25, -0.2) is 14.2 Å². The van der Waals surface area contributed by atoms with Gasteiger partial charge in [-0.2, -0.15) is 0 Å². The van der Waals surface area contributed by atoms with E-state index in [0.29, 0.717) is 0 Å². The highest BCUT2D eigenvalue weighted by atomic mass is 19.1. The van der Waals surface area contributed by atoms with Gasteiger partial charge in [-0.1, -0.05) is 0 Å². The molecule has 0 radical (unpaired) electrons. The SMILES string of the molecule is CC1C(=O)NC(=O)CN1c1ncc(F)cc1C(=O)O. The first-order valence-corrected chi connectivity index (χ1v) is 5.39. The van der Waals surface area contributed by atoms with Gasteiger partial charge < -0.3 is 10.0 Å². The molecule has 2 heterocycles. The van der Waals surface area contributed by atoms with E-state index < -0.39 is 35.2 Å². The number of carbonyl (C=O) groups is 3. The summed E-state index contributed by atoms with van der Waals surface area (Å²) in [5.74, 6) is -3.41. The van der Waals surface area contributed by atoms with Gasteiger partial charge in [0.25, 0.3) is 0 Å². The van der Waals surface area contributed by atoms with Crippen molar-refractivity contribution in [2.24, 2.45) is 0 Å². The zero-order valence-corrected chi connectivity index (χ0v) is 9.88. The first-order valence-electron chi connectivity index (χ1n) is 5.39. The zero-order chi connectivity index (χ0) is 14.2. The molecule has 8 heteroatoms. The monoisotopic (exact) mass is 267 g/mol. The van der Waals surface area contributed by atoms with Crippen molar-refractivity contribution in [2.45, 2.75) is 13.0 Å². The van der Waals surface area contributed by atoms with Crippen LogP contribution in [-0.2, 0) is 9.59 Å². The minimum Gasteiger partial charge on any atom is -0.478 e.